The highest BCUT2D eigenvalue weighted by Gasteiger charge is 1.99. The maximum Gasteiger partial charge on any atom is 0.0480 e. The minimum atomic E-state index is 0.453. The molecule has 0 aromatic heterocycles. The van der Waals surface area contributed by atoms with Gasteiger partial charge >= 0.3 is 0 Å². The molecule has 12 heavy (non-hydrogen) atoms. The zero-order chi connectivity index (χ0) is 8.97. The van der Waals surface area contributed by atoms with Gasteiger partial charge in [0.05, 0.1) is 0 Å². The van der Waals surface area contributed by atoms with E-state index >= 15 is 0 Å². The molecular weight excluding hydrogens is 214 g/mol. The molecule has 0 heterocycles. The van der Waals surface area contributed by atoms with Crippen LogP contribution in [0.5, 0.6) is 0 Å². The average Bonchev–Trinajstić information content (AvgIpc) is 2.16. The van der Waals surface area contributed by atoms with Crippen molar-refractivity contribution in [3.8, 4) is 0 Å². The Morgan fingerprint density at radius 2 is 1.42 bits per heavy atom. The van der Waals surface area contributed by atoms with E-state index in [9.17, 15) is 0 Å². The summed E-state index contributed by atoms with van der Waals surface area (Å²) >= 11 is 17.0. The van der Waals surface area contributed by atoms with Gasteiger partial charge in [-0.2, -0.15) is 0 Å². The van der Waals surface area contributed by atoms with Crippen molar-refractivity contribution in [3.05, 3.63) is 34.9 Å². The van der Waals surface area contributed by atoms with Crippen LogP contribution in [0.15, 0.2) is 12.1 Å². The first-order chi connectivity index (χ1) is 5.80. The molecular formula is C9H8Cl3. The van der Waals surface area contributed by atoms with Gasteiger partial charge in [0.25, 0.3) is 0 Å². The van der Waals surface area contributed by atoms with Crippen molar-refractivity contribution in [2.75, 3.05) is 0 Å². The summed E-state index contributed by atoms with van der Waals surface area (Å²) < 4.78 is 0. The molecule has 0 aliphatic rings. The fourth-order valence-electron chi connectivity index (χ4n) is 0.989. The minimum Gasteiger partial charge on any atom is -0.122 e. The van der Waals surface area contributed by atoms with Gasteiger partial charge in [-0.3, -0.25) is 0 Å². The molecule has 0 unspecified atom stereocenters. The van der Waals surface area contributed by atoms with Crippen LogP contribution in [0.2, 0.25) is 0 Å². The predicted molar refractivity (Wildman–Crippen MR) is 53.9 cm³/mol. The lowest BCUT2D eigenvalue weighted by Crippen LogP contribution is -1.88. The van der Waals surface area contributed by atoms with Gasteiger partial charge in [0.1, 0.15) is 0 Å². The molecule has 1 radical (unpaired) electrons. The Kier molecular flexibility index (Phi) is 4.20. The van der Waals surface area contributed by atoms with Gasteiger partial charge in [-0.15, -0.1) is 34.8 Å². The first-order valence-corrected chi connectivity index (χ1v) is 5.12. The zero-order valence-electron chi connectivity index (χ0n) is 6.41. The molecule has 0 bridgehead atoms. The molecule has 0 N–H and O–H groups in total. The molecule has 1 rings (SSSR count). The fourth-order valence-corrected chi connectivity index (χ4v) is 1.43. The average molecular weight is 223 g/mol. The van der Waals surface area contributed by atoms with E-state index in [1.807, 2.05) is 12.1 Å². The van der Waals surface area contributed by atoms with Crippen LogP contribution in [0.1, 0.15) is 16.7 Å². The van der Waals surface area contributed by atoms with E-state index in [-0.39, 0.29) is 0 Å². The van der Waals surface area contributed by atoms with Crippen LogP contribution in [0.25, 0.3) is 0 Å². The Balaban J connectivity index is 3.01. The second kappa shape index (κ2) is 4.96. The van der Waals surface area contributed by atoms with Crippen molar-refractivity contribution in [2.24, 2.45) is 0 Å². The van der Waals surface area contributed by atoms with Gasteiger partial charge in [0.15, 0.2) is 0 Å². The second-order valence-electron chi connectivity index (χ2n) is 2.44. The minimum absolute atomic E-state index is 0.453. The maximum absolute atomic E-state index is 5.68. The van der Waals surface area contributed by atoms with Crippen molar-refractivity contribution in [2.45, 2.75) is 17.6 Å². The quantitative estimate of drug-likeness (QED) is 0.684. The molecule has 0 spiro atoms. The van der Waals surface area contributed by atoms with Crippen molar-refractivity contribution in [1.29, 1.82) is 0 Å². The van der Waals surface area contributed by atoms with Crippen LogP contribution in [0.3, 0.4) is 0 Å². The Labute approximate surface area is 87.4 Å². The maximum atomic E-state index is 5.68. The predicted octanol–water partition coefficient (Wildman–Crippen LogP) is 3.70. The fraction of sp³-hybridized carbons (Fsp3) is 0.333. The van der Waals surface area contributed by atoms with Crippen LogP contribution in [-0.4, -0.2) is 0 Å². The summed E-state index contributed by atoms with van der Waals surface area (Å²) in [4.78, 5) is 0. The van der Waals surface area contributed by atoms with Gasteiger partial charge in [-0.25, -0.2) is 0 Å². The molecule has 1 aromatic carbocycles. The van der Waals surface area contributed by atoms with Gasteiger partial charge in [0.2, 0.25) is 0 Å². The lowest BCUT2D eigenvalue weighted by Gasteiger charge is -2.02. The lowest BCUT2D eigenvalue weighted by molar-refractivity contribution is 1.25. The molecule has 3 heteroatoms. The van der Waals surface area contributed by atoms with Crippen molar-refractivity contribution < 1.29 is 0 Å². The van der Waals surface area contributed by atoms with E-state index in [1.54, 1.807) is 0 Å². The van der Waals surface area contributed by atoms with E-state index < -0.39 is 0 Å². The summed E-state index contributed by atoms with van der Waals surface area (Å²) in [6.07, 6.45) is 0. The topological polar surface area (TPSA) is 0 Å². The highest BCUT2D eigenvalue weighted by molar-refractivity contribution is 6.18. The van der Waals surface area contributed by atoms with Crippen LogP contribution >= 0.6 is 34.8 Å². The third-order valence-electron chi connectivity index (χ3n) is 1.48. The third kappa shape index (κ3) is 2.55. The summed E-state index contributed by atoms with van der Waals surface area (Å²) in [6.45, 7) is 0. The Hall–Kier alpha value is 0.0900. The highest BCUT2D eigenvalue weighted by Crippen LogP contribution is 2.14. The van der Waals surface area contributed by atoms with Gasteiger partial charge < -0.3 is 0 Å². The Morgan fingerprint density at radius 3 is 1.75 bits per heavy atom. The Morgan fingerprint density at radius 1 is 0.917 bits per heavy atom. The third-order valence-corrected chi connectivity index (χ3v) is 2.37. The highest BCUT2D eigenvalue weighted by atomic mass is 35.5. The number of hydrogen-bond acceptors (Lipinski definition) is 0. The van der Waals surface area contributed by atoms with Gasteiger partial charge in [0, 0.05) is 17.6 Å². The van der Waals surface area contributed by atoms with E-state index in [1.165, 1.54) is 0 Å². The molecule has 0 nitrogen and oxygen atoms in total. The summed E-state index contributed by atoms with van der Waals surface area (Å²) in [5.74, 6) is 1.39. The van der Waals surface area contributed by atoms with Gasteiger partial charge in [-0.05, 0) is 22.8 Å². The summed E-state index contributed by atoms with van der Waals surface area (Å²) in [7, 11) is 0. The van der Waals surface area contributed by atoms with Gasteiger partial charge in [-0.1, -0.05) is 12.1 Å². The van der Waals surface area contributed by atoms with E-state index in [0.29, 0.717) is 17.6 Å². The van der Waals surface area contributed by atoms with Crippen LogP contribution in [-0.2, 0) is 17.6 Å². The van der Waals surface area contributed by atoms with Crippen molar-refractivity contribution in [1.82, 2.24) is 0 Å². The molecule has 0 fully saturated rings. The number of rotatable bonds is 3. The number of halogens is 3. The van der Waals surface area contributed by atoms with Crippen LogP contribution in [0, 0.1) is 6.07 Å². The summed E-state index contributed by atoms with van der Waals surface area (Å²) in [5, 5.41) is 0. The molecule has 1 aromatic rings. The molecule has 0 aliphatic heterocycles. The largest absolute Gasteiger partial charge is 0.122 e. The van der Waals surface area contributed by atoms with Crippen molar-refractivity contribution in [3.63, 3.8) is 0 Å². The first kappa shape index (κ1) is 10.2. The normalized spacial score (nSPS) is 10.2. The number of hydrogen-bond donors (Lipinski definition) is 0. The monoisotopic (exact) mass is 221 g/mol. The van der Waals surface area contributed by atoms with E-state index in [0.717, 1.165) is 16.7 Å². The second-order valence-corrected chi connectivity index (χ2v) is 3.24. The summed E-state index contributed by atoms with van der Waals surface area (Å²) in [6, 6.07) is 6.98. The molecule has 0 saturated heterocycles. The summed E-state index contributed by atoms with van der Waals surface area (Å²) in [5.41, 5.74) is 2.94. The molecule has 0 aliphatic carbocycles. The molecule has 0 amide bonds. The lowest BCUT2D eigenvalue weighted by atomic mass is 10.1. The number of alkyl halides is 3. The van der Waals surface area contributed by atoms with Crippen LogP contribution < -0.4 is 0 Å². The molecule has 0 saturated carbocycles. The van der Waals surface area contributed by atoms with Crippen molar-refractivity contribution >= 4 is 34.8 Å². The first-order valence-electron chi connectivity index (χ1n) is 3.52. The van der Waals surface area contributed by atoms with E-state index in [2.05, 4.69) is 6.07 Å². The standard InChI is InChI=1S/C9H8Cl3/c10-4-7-1-8(5-11)3-9(2-7)6-12/h1-2H,4-6H2. The molecule has 0 atom stereocenters. The molecule has 65 valence electrons. The number of benzene rings is 1. The Bertz CT molecular complexity index is 203. The zero-order valence-corrected chi connectivity index (χ0v) is 8.68. The van der Waals surface area contributed by atoms with E-state index in [4.69, 9.17) is 34.8 Å². The van der Waals surface area contributed by atoms with Crippen LogP contribution in [0.4, 0.5) is 0 Å². The smallest absolute Gasteiger partial charge is 0.0480 e. The SMILES string of the molecule is ClCc1[c]c(CCl)cc(CCl)c1.